The van der Waals surface area contributed by atoms with Gasteiger partial charge < -0.3 is 9.32 Å². The third kappa shape index (κ3) is 4.58. The lowest BCUT2D eigenvalue weighted by molar-refractivity contribution is -0.128. The van der Waals surface area contributed by atoms with Crippen molar-refractivity contribution in [3.8, 4) is 11.5 Å². The van der Waals surface area contributed by atoms with Crippen LogP contribution in [0.3, 0.4) is 0 Å². The summed E-state index contributed by atoms with van der Waals surface area (Å²) in [6, 6.07) is 23.4. The fraction of sp³-hybridized carbons (Fsp3) is 0.130. The van der Waals surface area contributed by atoms with Gasteiger partial charge >= 0.3 is 0 Å². The molecule has 0 saturated heterocycles. The molecule has 30 heavy (non-hydrogen) atoms. The van der Waals surface area contributed by atoms with Crippen LogP contribution in [-0.2, 0) is 4.79 Å². The van der Waals surface area contributed by atoms with Gasteiger partial charge in [0.2, 0.25) is 11.8 Å². The van der Waals surface area contributed by atoms with Gasteiger partial charge in [-0.25, -0.2) is 0 Å². The second kappa shape index (κ2) is 9.37. The summed E-state index contributed by atoms with van der Waals surface area (Å²) in [6.45, 7) is 0. The van der Waals surface area contributed by atoms with Crippen LogP contribution in [0.15, 0.2) is 94.8 Å². The number of pyridine rings is 1. The number of hydrogen-bond donors (Lipinski definition) is 0. The van der Waals surface area contributed by atoms with E-state index in [0.717, 1.165) is 16.7 Å². The number of thioether (sulfide) groups is 1. The van der Waals surface area contributed by atoms with E-state index in [9.17, 15) is 4.79 Å². The van der Waals surface area contributed by atoms with E-state index in [1.807, 2.05) is 67.7 Å². The van der Waals surface area contributed by atoms with Crippen molar-refractivity contribution in [3.63, 3.8) is 0 Å². The maximum Gasteiger partial charge on any atom is 0.277 e. The van der Waals surface area contributed by atoms with Gasteiger partial charge in [-0.3, -0.25) is 9.78 Å². The Morgan fingerprint density at radius 2 is 1.53 bits per heavy atom. The van der Waals surface area contributed by atoms with Gasteiger partial charge in [-0.15, -0.1) is 10.2 Å². The van der Waals surface area contributed by atoms with Crippen molar-refractivity contribution in [1.29, 1.82) is 0 Å². The monoisotopic (exact) mass is 416 g/mol. The van der Waals surface area contributed by atoms with Crippen molar-refractivity contribution in [2.75, 3.05) is 12.8 Å². The zero-order valence-corrected chi connectivity index (χ0v) is 17.2. The van der Waals surface area contributed by atoms with Crippen LogP contribution in [-0.4, -0.2) is 38.8 Å². The molecule has 4 aromatic rings. The van der Waals surface area contributed by atoms with Crippen molar-refractivity contribution >= 4 is 17.7 Å². The van der Waals surface area contributed by atoms with Crippen LogP contribution in [0.4, 0.5) is 0 Å². The summed E-state index contributed by atoms with van der Waals surface area (Å²) >= 11 is 1.23. The SMILES string of the molecule is CN(C(=O)CSc1nnc(-c2ccncc2)o1)C(c1ccccc1)c1ccccc1. The molecule has 2 aromatic carbocycles. The average Bonchev–Trinajstić information content (AvgIpc) is 3.29. The van der Waals surface area contributed by atoms with Crippen molar-refractivity contribution in [1.82, 2.24) is 20.1 Å². The maximum atomic E-state index is 13.0. The van der Waals surface area contributed by atoms with E-state index in [2.05, 4.69) is 15.2 Å². The molecule has 0 radical (unpaired) electrons. The number of rotatable bonds is 7. The minimum Gasteiger partial charge on any atom is -0.411 e. The molecule has 150 valence electrons. The molecule has 0 unspecified atom stereocenters. The lowest BCUT2D eigenvalue weighted by Gasteiger charge is -2.29. The first kappa shape index (κ1) is 19.8. The molecule has 0 aliphatic rings. The zero-order valence-electron chi connectivity index (χ0n) is 16.4. The topological polar surface area (TPSA) is 72.1 Å². The minimum atomic E-state index is -0.171. The number of nitrogens with zero attached hydrogens (tertiary/aromatic N) is 4. The number of aromatic nitrogens is 3. The average molecular weight is 417 g/mol. The van der Waals surface area contributed by atoms with Crippen molar-refractivity contribution in [3.05, 3.63) is 96.3 Å². The summed E-state index contributed by atoms with van der Waals surface area (Å²) in [4.78, 5) is 18.7. The van der Waals surface area contributed by atoms with Crippen LogP contribution in [0.25, 0.3) is 11.5 Å². The van der Waals surface area contributed by atoms with Crippen molar-refractivity contribution in [2.45, 2.75) is 11.3 Å². The fourth-order valence-electron chi connectivity index (χ4n) is 3.16. The summed E-state index contributed by atoms with van der Waals surface area (Å²) in [7, 11) is 1.82. The first-order valence-electron chi connectivity index (χ1n) is 9.44. The van der Waals surface area contributed by atoms with E-state index in [-0.39, 0.29) is 17.7 Å². The lowest BCUT2D eigenvalue weighted by Crippen LogP contribution is -2.33. The second-order valence-corrected chi connectivity index (χ2v) is 7.55. The van der Waals surface area contributed by atoms with Crippen LogP contribution in [0.2, 0.25) is 0 Å². The maximum absolute atomic E-state index is 13.0. The molecular formula is C23H20N4O2S. The molecule has 2 aromatic heterocycles. The summed E-state index contributed by atoms with van der Waals surface area (Å²) < 4.78 is 5.67. The summed E-state index contributed by atoms with van der Waals surface area (Å²) in [5.74, 6) is 0.582. The molecule has 0 aliphatic heterocycles. The first-order valence-corrected chi connectivity index (χ1v) is 10.4. The van der Waals surface area contributed by atoms with Gasteiger partial charge in [-0.2, -0.15) is 0 Å². The number of amides is 1. The Morgan fingerprint density at radius 3 is 2.13 bits per heavy atom. The highest BCUT2D eigenvalue weighted by molar-refractivity contribution is 7.99. The van der Waals surface area contributed by atoms with Gasteiger partial charge in [0.25, 0.3) is 5.22 Å². The van der Waals surface area contributed by atoms with Crippen LogP contribution in [0.5, 0.6) is 0 Å². The Morgan fingerprint density at radius 1 is 0.933 bits per heavy atom. The number of hydrogen-bond acceptors (Lipinski definition) is 6. The van der Waals surface area contributed by atoms with Gasteiger partial charge in [0, 0.05) is 25.0 Å². The normalized spacial score (nSPS) is 10.9. The summed E-state index contributed by atoms with van der Waals surface area (Å²) in [5, 5.41) is 8.45. The fourth-order valence-corrected chi connectivity index (χ4v) is 3.85. The highest BCUT2D eigenvalue weighted by atomic mass is 32.2. The number of carbonyl (C=O) groups is 1. The van der Waals surface area contributed by atoms with Gasteiger partial charge in [0.15, 0.2) is 0 Å². The molecule has 0 N–H and O–H groups in total. The third-order valence-electron chi connectivity index (χ3n) is 4.66. The molecule has 7 heteroatoms. The lowest BCUT2D eigenvalue weighted by atomic mass is 9.97. The van der Waals surface area contributed by atoms with E-state index >= 15 is 0 Å². The predicted octanol–water partition coefficient (Wildman–Crippen LogP) is 4.47. The minimum absolute atomic E-state index is 0.0265. The van der Waals surface area contributed by atoms with E-state index in [1.165, 1.54) is 11.8 Å². The van der Waals surface area contributed by atoms with Crippen LogP contribution < -0.4 is 0 Å². The largest absolute Gasteiger partial charge is 0.411 e. The van der Waals surface area contributed by atoms with Crippen molar-refractivity contribution < 1.29 is 9.21 Å². The first-order chi connectivity index (χ1) is 14.7. The molecule has 0 aliphatic carbocycles. The Bertz CT molecular complexity index is 1050. The van der Waals surface area contributed by atoms with Crippen LogP contribution >= 0.6 is 11.8 Å². The molecule has 4 rings (SSSR count). The number of benzene rings is 2. The molecule has 0 fully saturated rings. The van der Waals surface area contributed by atoms with Gasteiger partial charge in [0.05, 0.1) is 11.8 Å². The molecule has 0 atom stereocenters. The third-order valence-corrected chi connectivity index (χ3v) is 5.47. The van der Waals surface area contributed by atoms with E-state index in [0.29, 0.717) is 11.1 Å². The van der Waals surface area contributed by atoms with Gasteiger partial charge in [-0.05, 0) is 23.3 Å². The standard InChI is InChI=1S/C23H20N4O2S/c1-27(21(17-8-4-2-5-9-17)18-10-6-3-7-11-18)20(28)16-30-23-26-25-22(29-23)19-12-14-24-15-13-19/h2-15,21H,16H2,1H3. The van der Waals surface area contributed by atoms with Gasteiger partial charge in [-0.1, -0.05) is 72.4 Å². The Hall–Kier alpha value is -3.45. The molecule has 0 saturated carbocycles. The number of carbonyl (C=O) groups excluding carboxylic acids is 1. The Kier molecular flexibility index (Phi) is 6.20. The molecule has 0 bridgehead atoms. The summed E-state index contributed by atoms with van der Waals surface area (Å²) in [5.41, 5.74) is 2.91. The molecule has 1 amide bonds. The highest BCUT2D eigenvalue weighted by Crippen LogP contribution is 2.29. The molecule has 6 nitrogen and oxygen atoms in total. The van der Waals surface area contributed by atoms with E-state index in [4.69, 9.17) is 4.42 Å². The van der Waals surface area contributed by atoms with Crippen molar-refractivity contribution in [2.24, 2.45) is 0 Å². The Labute approximate surface area is 179 Å². The second-order valence-electron chi connectivity index (χ2n) is 6.63. The summed E-state index contributed by atoms with van der Waals surface area (Å²) in [6.07, 6.45) is 3.33. The predicted molar refractivity (Wildman–Crippen MR) is 116 cm³/mol. The van der Waals surface area contributed by atoms with Gasteiger partial charge in [0.1, 0.15) is 0 Å². The molecule has 0 spiro atoms. The smallest absolute Gasteiger partial charge is 0.277 e. The zero-order chi connectivity index (χ0) is 20.8. The molecule has 2 heterocycles. The van der Waals surface area contributed by atoms with E-state index in [1.54, 1.807) is 29.4 Å². The van der Waals surface area contributed by atoms with Crippen LogP contribution in [0, 0.1) is 0 Å². The highest BCUT2D eigenvalue weighted by Gasteiger charge is 2.24. The van der Waals surface area contributed by atoms with Crippen LogP contribution in [0.1, 0.15) is 17.2 Å². The Balaban J connectivity index is 1.47. The van der Waals surface area contributed by atoms with E-state index < -0.39 is 0 Å². The quantitative estimate of drug-likeness (QED) is 0.414. The molecular weight excluding hydrogens is 396 g/mol.